The number of nitrogens with one attached hydrogen (secondary N) is 2. The molecule has 0 aliphatic carbocycles. The Kier molecular flexibility index (Phi) is 7.10. The zero-order valence-corrected chi connectivity index (χ0v) is 16.2. The summed E-state index contributed by atoms with van der Waals surface area (Å²) in [6, 6.07) is 13.1. The number of carbonyl (C=O) groups excluding carboxylic acids is 1. The number of halogens is 1. The number of hydrogen-bond donors (Lipinski definition) is 2. The second-order valence-electron chi connectivity index (χ2n) is 6.72. The minimum atomic E-state index is -0.202. The van der Waals surface area contributed by atoms with E-state index >= 15 is 0 Å². The number of ether oxygens (including phenoxy) is 2. The molecule has 6 heteroatoms. The average Bonchev–Trinajstić information content (AvgIpc) is 3.16. The van der Waals surface area contributed by atoms with E-state index in [9.17, 15) is 4.79 Å². The molecule has 0 unspecified atom stereocenters. The largest absolute Gasteiger partial charge is 0.483 e. The van der Waals surface area contributed by atoms with Crippen LogP contribution in [-0.4, -0.2) is 31.8 Å². The van der Waals surface area contributed by atoms with Crippen LogP contribution in [0.3, 0.4) is 0 Å². The molecule has 0 bridgehead atoms. The van der Waals surface area contributed by atoms with Crippen LogP contribution in [0.5, 0.6) is 5.75 Å². The molecule has 1 saturated heterocycles. The number of rotatable bonds is 8. The first-order valence-corrected chi connectivity index (χ1v) is 9.58. The lowest BCUT2D eigenvalue weighted by Gasteiger charge is -2.14. The van der Waals surface area contributed by atoms with Crippen molar-refractivity contribution in [3.05, 3.63) is 58.6 Å². The highest BCUT2D eigenvalue weighted by Gasteiger charge is 2.15. The predicted molar refractivity (Wildman–Crippen MR) is 107 cm³/mol. The number of amides is 1. The van der Waals surface area contributed by atoms with Gasteiger partial charge in [-0.3, -0.25) is 4.79 Å². The fourth-order valence-corrected chi connectivity index (χ4v) is 3.17. The van der Waals surface area contributed by atoms with Gasteiger partial charge in [-0.25, -0.2) is 0 Å². The van der Waals surface area contributed by atoms with Crippen LogP contribution in [0.4, 0.5) is 5.69 Å². The maximum Gasteiger partial charge on any atom is 0.262 e. The van der Waals surface area contributed by atoms with Gasteiger partial charge in [0.15, 0.2) is 6.61 Å². The monoisotopic (exact) mass is 388 g/mol. The van der Waals surface area contributed by atoms with E-state index in [1.54, 1.807) is 12.1 Å². The van der Waals surface area contributed by atoms with Crippen molar-refractivity contribution < 1.29 is 14.3 Å². The Morgan fingerprint density at radius 1 is 1.26 bits per heavy atom. The van der Waals surface area contributed by atoms with E-state index in [0.29, 0.717) is 17.3 Å². The summed E-state index contributed by atoms with van der Waals surface area (Å²) in [6.45, 7) is 4.18. The van der Waals surface area contributed by atoms with Crippen LogP contribution in [0.15, 0.2) is 42.5 Å². The van der Waals surface area contributed by atoms with Crippen molar-refractivity contribution in [2.75, 3.05) is 25.1 Å². The molecule has 2 aromatic carbocycles. The van der Waals surface area contributed by atoms with Crippen molar-refractivity contribution >= 4 is 23.2 Å². The first kappa shape index (κ1) is 19.7. The molecule has 2 aromatic rings. The molecule has 5 nitrogen and oxygen atoms in total. The van der Waals surface area contributed by atoms with E-state index < -0.39 is 0 Å². The Bertz CT molecular complexity index is 759. The molecule has 1 fully saturated rings. The number of anilines is 1. The van der Waals surface area contributed by atoms with Crippen LogP contribution in [0.25, 0.3) is 0 Å². The minimum Gasteiger partial charge on any atom is -0.483 e. The SMILES string of the molecule is Cc1ccc(NC(=O)COc2ccc(Cl)cc2CNC[C@H]2CCCO2)cc1. The van der Waals surface area contributed by atoms with Gasteiger partial charge in [0.2, 0.25) is 0 Å². The van der Waals surface area contributed by atoms with Gasteiger partial charge >= 0.3 is 0 Å². The zero-order chi connectivity index (χ0) is 19.1. The Labute approximate surface area is 165 Å². The lowest BCUT2D eigenvalue weighted by atomic mass is 10.2. The first-order chi connectivity index (χ1) is 13.1. The van der Waals surface area contributed by atoms with Gasteiger partial charge in [-0.2, -0.15) is 0 Å². The summed E-state index contributed by atoms with van der Waals surface area (Å²) in [5.41, 5.74) is 2.82. The van der Waals surface area contributed by atoms with Gasteiger partial charge in [-0.1, -0.05) is 29.3 Å². The van der Waals surface area contributed by atoms with E-state index in [1.165, 1.54) is 0 Å². The molecule has 1 amide bonds. The van der Waals surface area contributed by atoms with Crippen LogP contribution in [0.1, 0.15) is 24.0 Å². The van der Waals surface area contributed by atoms with Crippen LogP contribution in [0.2, 0.25) is 5.02 Å². The molecule has 0 aromatic heterocycles. The van der Waals surface area contributed by atoms with Crippen molar-refractivity contribution in [3.63, 3.8) is 0 Å². The molecule has 0 spiro atoms. The van der Waals surface area contributed by atoms with E-state index in [-0.39, 0.29) is 18.6 Å². The summed E-state index contributed by atoms with van der Waals surface area (Å²) in [6.07, 6.45) is 2.48. The minimum absolute atomic E-state index is 0.0613. The van der Waals surface area contributed by atoms with Crippen molar-refractivity contribution in [2.24, 2.45) is 0 Å². The lowest BCUT2D eigenvalue weighted by Crippen LogP contribution is -2.26. The summed E-state index contributed by atoms with van der Waals surface area (Å²) in [5.74, 6) is 0.449. The fraction of sp³-hybridized carbons (Fsp3) is 0.381. The Hall–Kier alpha value is -2.08. The van der Waals surface area contributed by atoms with Crippen LogP contribution < -0.4 is 15.4 Å². The summed E-state index contributed by atoms with van der Waals surface area (Å²) in [4.78, 5) is 12.1. The average molecular weight is 389 g/mol. The maximum absolute atomic E-state index is 12.1. The van der Waals surface area contributed by atoms with Crippen molar-refractivity contribution in [1.82, 2.24) is 5.32 Å². The number of hydrogen-bond acceptors (Lipinski definition) is 4. The molecule has 1 heterocycles. The molecule has 1 aliphatic rings. The van der Waals surface area contributed by atoms with Crippen molar-refractivity contribution in [3.8, 4) is 5.75 Å². The van der Waals surface area contributed by atoms with Gasteiger partial charge in [0.25, 0.3) is 5.91 Å². The second kappa shape index (κ2) is 9.74. The molecule has 1 aliphatic heterocycles. The van der Waals surface area contributed by atoms with Gasteiger partial charge in [0.05, 0.1) is 6.10 Å². The van der Waals surface area contributed by atoms with E-state index in [4.69, 9.17) is 21.1 Å². The molecule has 2 N–H and O–H groups in total. The number of benzene rings is 2. The number of carbonyl (C=O) groups is 1. The molecule has 144 valence electrons. The molecular formula is C21H25ClN2O3. The lowest BCUT2D eigenvalue weighted by molar-refractivity contribution is -0.118. The molecule has 27 heavy (non-hydrogen) atoms. The van der Waals surface area contributed by atoms with Gasteiger partial charge in [-0.05, 0) is 50.1 Å². The van der Waals surface area contributed by atoms with Crippen molar-refractivity contribution in [2.45, 2.75) is 32.4 Å². The third-order valence-electron chi connectivity index (χ3n) is 4.43. The third kappa shape index (κ3) is 6.24. The smallest absolute Gasteiger partial charge is 0.262 e. The van der Waals surface area contributed by atoms with E-state index in [0.717, 1.165) is 42.8 Å². The van der Waals surface area contributed by atoms with Crippen LogP contribution in [0, 0.1) is 6.92 Å². The molecule has 1 atom stereocenters. The van der Waals surface area contributed by atoms with Gasteiger partial charge in [0.1, 0.15) is 5.75 Å². The number of aryl methyl sites for hydroxylation is 1. The van der Waals surface area contributed by atoms with Gasteiger partial charge in [0, 0.05) is 36.0 Å². The summed E-state index contributed by atoms with van der Waals surface area (Å²) < 4.78 is 11.3. The summed E-state index contributed by atoms with van der Waals surface area (Å²) in [7, 11) is 0. The predicted octanol–water partition coefficient (Wildman–Crippen LogP) is 3.93. The highest BCUT2D eigenvalue weighted by Crippen LogP contribution is 2.23. The molecule has 0 radical (unpaired) electrons. The normalized spacial score (nSPS) is 16.3. The highest BCUT2D eigenvalue weighted by molar-refractivity contribution is 6.30. The Balaban J connectivity index is 1.52. The molecule has 3 rings (SSSR count). The fourth-order valence-electron chi connectivity index (χ4n) is 2.98. The summed E-state index contributed by atoms with van der Waals surface area (Å²) in [5, 5.41) is 6.85. The topological polar surface area (TPSA) is 59.6 Å². The Morgan fingerprint density at radius 2 is 2.07 bits per heavy atom. The molecular weight excluding hydrogens is 364 g/mol. The van der Waals surface area contributed by atoms with Crippen LogP contribution in [-0.2, 0) is 16.1 Å². The summed E-state index contributed by atoms with van der Waals surface area (Å²) >= 11 is 6.12. The van der Waals surface area contributed by atoms with E-state index in [2.05, 4.69) is 10.6 Å². The highest BCUT2D eigenvalue weighted by atomic mass is 35.5. The zero-order valence-electron chi connectivity index (χ0n) is 15.5. The van der Waals surface area contributed by atoms with Gasteiger partial charge < -0.3 is 20.1 Å². The maximum atomic E-state index is 12.1. The Morgan fingerprint density at radius 3 is 2.81 bits per heavy atom. The second-order valence-corrected chi connectivity index (χ2v) is 7.16. The van der Waals surface area contributed by atoms with Gasteiger partial charge in [-0.15, -0.1) is 0 Å². The standard InChI is InChI=1S/C21H25ClN2O3/c1-15-4-7-18(8-5-15)24-21(25)14-27-20-9-6-17(22)11-16(20)12-23-13-19-3-2-10-26-19/h4-9,11,19,23H,2-3,10,12-14H2,1H3,(H,24,25)/t19-/m1/s1. The van der Waals surface area contributed by atoms with E-state index in [1.807, 2.05) is 37.3 Å². The first-order valence-electron chi connectivity index (χ1n) is 9.20. The quantitative estimate of drug-likeness (QED) is 0.719. The van der Waals surface area contributed by atoms with Crippen LogP contribution >= 0.6 is 11.6 Å². The third-order valence-corrected chi connectivity index (χ3v) is 4.66. The van der Waals surface area contributed by atoms with Crippen molar-refractivity contribution in [1.29, 1.82) is 0 Å². The molecule has 0 saturated carbocycles.